The van der Waals surface area contributed by atoms with Crippen LogP contribution < -0.4 is 5.32 Å². The Kier molecular flexibility index (Phi) is 5.83. The number of fused-ring (bicyclic) bond motifs is 1. The quantitative estimate of drug-likeness (QED) is 0.467. The van der Waals surface area contributed by atoms with Crippen molar-refractivity contribution in [1.82, 2.24) is 19.6 Å². The molecule has 0 saturated heterocycles. The number of rotatable bonds is 7. The molecule has 2 N–H and O–H groups in total. The van der Waals surface area contributed by atoms with Crippen molar-refractivity contribution in [2.24, 2.45) is 0 Å². The third-order valence-corrected chi connectivity index (χ3v) is 6.71. The first-order valence-electron chi connectivity index (χ1n) is 9.75. The monoisotopic (exact) mass is 434 g/mol. The number of sulfonamides is 1. The van der Waals surface area contributed by atoms with E-state index in [-0.39, 0.29) is 17.3 Å². The van der Waals surface area contributed by atoms with E-state index in [1.165, 1.54) is 13.1 Å². The van der Waals surface area contributed by atoms with Gasteiger partial charge in [-0.15, -0.1) is 0 Å². The second-order valence-electron chi connectivity index (χ2n) is 7.15. The molecule has 1 heterocycles. The molecule has 31 heavy (non-hydrogen) atoms. The molecule has 0 radical (unpaired) electrons. The predicted octanol–water partition coefficient (Wildman–Crippen LogP) is 3.17. The molecular formula is C23H22N4O3S. The van der Waals surface area contributed by atoms with Gasteiger partial charge < -0.3 is 10.3 Å². The third kappa shape index (κ3) is 4.65. The maximum atomic E-state index is 13.0. The third-order valence-electron chi connectivity index (χ3n) is 4.91. The second kappa shape index (κ2) is 8.71. The van der Waals surface area contributed by atoms with E-state index in [0.717, 1.165) is 15.4 Å². The molecule has 1 amide bonds. The van der Waals surface area contributed by atoms with Gasteiger partial charge in [-0.3, -0.25) is 4.79 Å². The van der Waals surface area contributed by atoms with Crippen LogP contribution in [0, 0.1) is 0 Å². The van der Waals surface area contributed by atoms with Gasteiger partial charge in [0.2, 0.25) is 15.9 Å². The van der Waals surface area contributed by atoms with E-state index < -0.39 is 10.0 Å². The highest BCUT2D eigenvalue weighted by atomic mass is 32.2. The average molecular weight is 435 g/mol. The molecule has 0 aliphatic rings. The first-order valence-corrected chi connectivity index (χ1v) is 11.2. The van der Waals surface area contributed by atoms with Gasteiger partial charge in [0, 0.05) is 19.2 Å². The Morgan fingerprint density at radius 3 is 2.39 bits per heavy atom. The molecule has 0 spiro atoms. The molecule has 158 valence electrons. The molecule has 0 fully saturated rings. The fourth-order valence-corrected chi connectivity index (χ4v) is 4.36. The summed E-state index contributed by atoms with van der Waals surface area (Å²) in [5.74, 6) is 0.294. The fraction of sp³-hybridized carbons (Fsp3) is 0.130. The molecule has 0 bridgehead atoms. The number of H-pyrrole nitrogens is 1. The molecule has 0 aliphatic heterocycles. The van der Waals surface area contributed by atoms with Gasteiger partial charge in [-0.05, 0) is 23.8 Å². The summed E-state index contributed by atoms with van der Waals surface area (Å²) in [5, 5.41) is 2.74. The van der Waals surface area contributed by atoms with Crippen LogP contribution in [0.3, 0.4) is 0 Å². The van der Waals surface area contributed by atoms with Crippen molar-refractivity contribution < 1.29 is 13.2 Å². The summed E-state index contributed by atoms with van der Waals surface area (Å²) >= 11 is 0. The molecule has 4 aromatic rings. The number of carbonyl (C=O) groups excluding carboxylic acids is 1. The number of carbonyl (C=O) groups is 1. The van der Waals surface area contributed by atoms with Gasteiger partial charge in [-0.1, -0.05) is 60.7 Å². The lowest BCUT2D eigenvalue weighted by atomic mass is 10.2. The molecule has 0 aliphatic carbocycles. The van der Waals surface area contributed by atoms with Gasteiger partial charge in [-0.2, -0.15) is 4.31 Å². The number of benzene rings is 3. The zero-order valence-electron chi connectivity index (χ0n) is 16.9. The first kappa shape index (κ1) is 20.8. The highest BCUT2D eigenvalue weighted by molar-refractivity contribution is 7.89. The lowest BCUT2D eigenvalue weighted by Crippen LogP contribution is -2.38. The van der Waals surface area contributed by atoms with Crippen LogP contribution in [0.5, 0.6) is 0 Å². The minimum absolute atomic E-state index is 0.0987. The molecular weight excluding hydrogens is 412 g/mol. The molecule has 0 saturated carbocycles. The van der Waals surface area contributed by atoms with Gasteiger partial charge in [0.05, 0.1) is 22.5 Å². The molecule has 7 nitrogen and oxygen atoms in total. The topological polar surface area (TPSA) is 95.2 Å². The van der Waals surface area contributed by atoms with Crippen molar-refractivity contribution in [2.45, 2.75) is 11.4 Å². The Balaban J connectivity index is 1.48. The summed E-state index contributed by atoms with van der Waals surface area (Å²) in [5.41, 5.74) is 3.14. The van der Waals surface area contributed by atoms with Crippen molar-refractivity contribution >= 4 is 27.0 Å². The van der Waals surface area contributed by atoms with Crippen LogP contribution in [0.1, 0.15) is 5.56 Å². The lowest BCUT2D eigenvalue weighted by Gasteiger charge is -2.17. The summed E-state index contributed by atoms with van der Waals surface area (Å²) in [6.07, 6.45) is 0. The maximum Gasteiger partial charge on any atom is 0.243 e. The molecule has 0 unspecified atom stereocenters. The van der Waals surface area contributed by atoms with Gasteiger partial charge in [0.1, 0.15) is 5.82 Å². The summed E-state index contributed by atoms with van der Waals surface area (Å²) in [7, 11) is -2.45. The SMILES string of the molecule is CN(CC(=O)NCc1ccccc1)S(=O)(=O)c1ccc2nc(-c3ccccc3)[nH]c2c1. The molecule has 1 aromatic heterocycles. The standard InChI is InChI=1S/C23H22N4O3S/c1-27(16-22(28)24-15-17-8-4-2-5-9-17)31(29,30)19-12-13-20-21(14-19)26-23(25-20)18-10-6-3-7-11-18/h2-14H,15-16H2,1H3,(H,24,28)(H,25,26). The van der Waals surface area contributed by atoms with Gasteiger partial charge >= 0.3 is 0 Å². The van der Waals surface area contributed by atoms with Gasteiger partial charge in [-0.25, -0.2) is 13.4 Å². The van der Waals surface area contributed by atoms with E-state index in [0.29, 0.717) is 23.4 Å². The van der Waals surface area contributed by atoms with E-state index in [2.05, 4.69) is 15.3 Å². The highest BCUT2D eigenvalue weighted by Crippen LogP contribution is 2.24. The Morgan fingerprint density at radius 2 is 1.68 bits per heavy atom. The zero-order chi connectivity index (χ0) is 21.8. The Hall–Kier alpha value is -3.49. The van der Waals surface area contributed by atoms with Crippen LogP contribution in [-0.2, 0) is 21.4 Å². The summed E-state index contributed by atoms with van der Waals surface area (Å²) in [6, 6.07) is 23.8. The van der Waals surface area contributed by atoms with Crippen LogP contribution in [0.15, 0.2) is 83.8 Å². The number of imidazole rings is 1. The maximum absolute atomic E-state index is 13.0. The van der Waals surface area contributed by atoms with Crippen LogP contribution in [0.2, 0.25) is 0 Å². The van der Waals surface area contributed by atoms with Crippen molar-refractivity contribution in [2.75, 3.05) is 13.6 Å². The Labute approximate surface area is 180 Å². The molecule has 8 heteroatoms. The molecule has 4 rings (SSSR count). The highest BCUT2D eigenvalue weighted by Gasteiger charge is 2.23. The number of likely N-dealkylation sites (N-methyl/N-ethyl adjacent to an activating group) is 1. The van der Waals surface area contributed by atoms with Crippen molar-refractivity contribution in [3.63, 3.8) is 0 Å². The van der Waals surface area contributed by atoms with E-state index in [4.69, 9.17) is 0 Å². The van der Waals surface area contributed by atoms with E-state index in [9.17, 15) is 13.2 Å². The van der Waals surface area contributed by atoms with Gasteiger partial charge in [0.25, 0.3) is 0 Å². The number of nitrogens with one attached hydrogen (secondary N) is 2. The summed E-state index contributed by atoms with van der Waals surface area (Å²) in [6.45, 7) is 0.0708. The average Bonchev–Trinajstić information content (AvgIpc) is 3.22. The first-order chi connectivity index (χ1) is 14.9. The van der Waals surface area contributed by atoms with Crippen LogP contribution in [0.4, 0.5) is 0 Å². The minimum Gasteiger partial charge on any atom is -0.351 e. The van der Waals surface area contributed by atoms with Crippen LogP contribution in [0.25, 0.3) is 22.4 Å². The number of hydrogen-bond acceptors (Lipinski definition) is 4. The second-order valence-corrected chi connectivity index (χ2v) is 9.20. The number of aromatic amines is 1. The minimum atomic E-state index is -3.84. The lowest BCUT2D eigenvalue weighted by molar-refractivity contribution is -0.121. The van der Waals surface area contributed by atoms with E-state index in [1.807, 2.05) is 60.7 Å². The van der Waals surface area contributed by atoms with Crippen molar-refractivity contribution in [1.29, 1.82) is 0 Å². The predicted molar refractivity (Wildman–Crippen MR) is 120 cm³/mol. The Morgan fingerprint density at radius 1 is 1.00 bits per heavy atom. The summed E-state index contributed by atoms with van der Waals surface area (Å²) < 4.78 is 27.0. The summed E-state index contributed by atoms with van der Waals surface area (Å²) in [4.78, 5) is 20.0. The number of hydrogen-bond donors (Lipinski definition) is 2. The number of amides is 1. The van der Waals surface area contributed by atoms with Crippen molar-refractivity contribution in [3.8, 4) is 11.4 Å². The zero-order valence-corrected chi connectivity index (χ0v) is 17.8. The normalized spacial score (nSPS) is 11.7. The molecule has 3 aromatic carbocycles. The largest absolute Gasteiger partial charge is 0.351 e. The van der Waals surface area contributed by atoms with Crippen LogP contribution in [-0.4, -0.2) is 42.2 Å². The smallest absolute Gasteiger partial charge is 0.243 e. The van der Waals surface area contributed by atoms with E-state index in [1.54, 1.807) is 12.1 Å². The van der Waals surface area contributed by atoms with E-state index >= 15 is 0 Å². The fourth-order valence-electron chi connectivity index (χ4n) is 3.20. The van der Waals surface area contributed by atoms with Crippen LogP contribution >= 0.6 is 0 Å². The van der Waals surface area contributed by atoms with Crippen molar-refractivity contribution in [3.05, 3.63) is 84.4 Å². The Bertz CT molecular complexity index is 1300. The number of nitrogens with zero attached hydrogens (tertiary/aromatic N) is 2. The number of aromatic nitrogens is 2. The van der Waals surface area contributed by atoms with Gasteiger partial charge in [0.15, 0.2) is 0 Å². The molecule has 0 atom stereocenters.